The molecule has 7 nitrogen and oxygen atoms in total. The molecular weight excluding hydrogens is 356 g/mol. The van der Waals surface area contributed by atoms with Crippen molar-refractivity contribution in [2.75, 3.05) is 6.61 Å². The summed E-state index contributed by atoms with van der Waals surface area (Å²) in [5.74, 6) is -0.0237. The van der Waals surface area contributed by atoms with Crippen LogP contribution in [0.15, 0.2) is 36.4 Å². The van der Waals surface area contributed by atoms with E-state index in [1.807, 2.05) is 20.8 Å². The summed E-state index contributed by atoms with van der Waals surface area (Å²) in [6, 6.07) is 9.15. The maximum atomic E-state index is 12.2. The highest BCUT2D eigenvalue weighted by Crippen LogP contribution is 2.21. The van der Waals surface area contributed by atoms with E-state index in [0.29, 0.717) is 11.4 Å². The van der Waals surface area contributed by atoms with Gasteiger partial charge in [0.15, 0.2) is 6.61 Å². The minimum absolute atomic E-state index is 0.0622. The average Bonchev–Trinajstić information content (AvgIpc) is 3.06. The van der Waals surface area contributed by atoms with Crippen molar-refractivity contribution in [3.63, 3.8) is 0 Å². The van der Waals surface area contributed by atoms with Gasteiger partial charge in [0.25, 0.3) is 5.69 Å². The predicted molar refractivity (Wildman–Crippen MR) is 98.5 cm³/mol. The van der Waals surface area contributed by atoms with E-state index in [0.717, 1.165) is 4.88 Å². The summed E-state index contributed by atoms with van der Waals surface area (Å²) >= 11 is 1.28. The number of ketones is 1. The number of nitro benzene ring substituents is 1. The van der Waals surface area contributed by atoms with Crippen LogP contribution in [0.5, 0.6) is 5.75 Å². The van der Waals surface area contributed by atoms with Crippen molar-refractivity contribution >= 4 is 28.7 Å². The number of Topliss-reactive ketones (excluding diaryl/α,β-unsaturated/α-hetero) is 1. The van der Waals surface area contributed by atoms with Crippen LogP contribution in [0.1, 0.15) is 35.3 Å². The summed E-state index contributed by atoms with van der Waals surface area (Å²) in [5.41, 5.74) is -0.565. The van der Waals surface area contributed by atoms with Crippen LogP contribution >= 0.6 is 11.3 Å². The van der Waals surface area contributed by atoms with Gasteiger partial charge in [0.05, 0.1) is 22.4 Å². The average molecular weight is 376 g/mol. The molecule has 138 valence electrons. The third-order valence-electron chi connectivity index (χ3n) is 3.44. The normalized spacial score (nSPS) is 11.0. The smallest absolute Gasteiger partial charge is 0.273 e. The summed E-state index contributed by atoms with van der Waals surface area (Å²) in [5, 5.41) is 13.6. The molecular formula is C18H20N2O5S. The van der Waals surface area contributed by atoms with E-state index in [9.17, 15) is 19.7 Å². The lowest BCUT2D eigenvalue weighted by molar-refractivity contribution is -0.384. The van der Waals surface area contributed by atoms with Gasteiger partial charge in [-0.3, -0.25) is 19.7 Å². The molecule has 1 heterocycles. The zero-order valence-electron chi connectivity index (χ0n) is 14.8. The Labute approximate surface area is 155 Å². The zero-order valence-corrected chi connectivity index (χ0v) is 15.6. The molecule has 1 amide bonds. The first kappa shape index (κ1) is 19.6. The monoisotopic (exact) mass is 376 g/mol. The molecule has 0 saturated carbocycles. The molecule has 1 N–H and O–H groups in total. The van der Waals surface area contributed by atoms with Gasteiger partial charge < -0.3 is 10.1 Å². The van der Waals surface area contributed by atoms with Crippen LogP contribution in [0, 0.1) is 15.5 Å². The van der Waals surface area contributed by atoms with Crippen LogP contribution in [-0.4, -0.2) is 23.2 Å². The minimum Gasteiger partial charge on any atom is -0.485 e. The van der Waals surface area contributed by atoms with Gasteiger partial charge in [-0.1, -0.05) is 26.8 Å². The lowest BCUT2D eigenvalue weighted by Gasteiger charge is -2.17. The second-order valence-electron chi connectivity index (χ2n) is 6.66. The first-order chi connectivity index (χ1) is 12.2. The highest BCUT2D eigenvalue weighted by molar-refractivity contribution is 7.14. The highest BCUT2D eigenvalue weighted by Gasteiger charge is 2.21. The van der Waals surface area contributed by atoms with E-state index in [1.54, 1.807) is 18.2 Å². The molecule has 0 aliphatic carbocycles. The number of nitrogens with zero attached hydrogens (tertiary/aromatic N) is 1. The molecule has 8 heteroatoms. The number of non-ortho nitro benzene ring substituents is 1. The predicted octanol–water partition coefficient (Wildman–Crippen LogP) is 3.58. The fraction of sp³-hybridized carbons (Fsp3) is 0.333. The Bertz CT molecular complexity index is 823. The molecule has 0 aliphatic rings. The lowest BCUT2D eigenvalue weighted by Crippen LogP contribution is -2.34. The van der Waals surface area contributed by atoms with E-state index >= 15 is 0 Å². The van der Waals surface area contributed by atoms with E-state index < -0.39 is 10.3 Å². The van der Waals surface area contributed by atoms with Crippen molar-refractivity contribution in [1.82, 2.24) is 5.32 Å². The number of amides is 1. The molecule has 26 heavy (non-hydrogen) atoms. The van der Waals surface area contributed by atoms with Crippen LogP contribution in [0.25, 0.3) is 0 Å². The summed E-state index contributed by atoms with van der Waals surface area (Å²) in [6.07, 6.45) is 0. The molecule has 0 spiro atoms. The molecule has 1 aromatic carbocycles. The van der Waals surface area contributed by atoms with Gasteiger partial charge in [-0.25, -0.2) is 0 Å². The molecule has 2 aromatic rings. The van der Waals surface area contributed by atoms with Gasteiger partial charge >= 0.3 is 0 Å². The first-order valence-electron chi connectivity index (χ1n) is 7.94. The minimum atomic E-state index is -0.522. The Hall–Kier alpha value is -2.74. The number of rotatable bonds is 7. The number of carbonyl (C=O) groups is 2. The van der Waals surface area contributed by atoms with Gasteiger partial charge in [0.1, 0.15) is 5.75 Å². The van der Waals surface area contributed by atoms with Gasteiger partial charge in [0, 0.05) is 16.4 Å². The van der Waals surface area contributed by atoms with E-state index in [1.165, 1.54) is 29.5 Å². The summed E-state index contributed by atoms with van der Waals surface area (Å²) in [7, 11) is 0. The number of benzene rings is 1. The second-order valence-corrected chi connectivity index (χ2v) is 7.83. The van der Waals surface area contributed by atoms with Crippen LogP contribution < -0.4 is 10.1 Å². The number of nitrogens with one attached hydrogen (secondary N) is 1. The Morgan fingerprint density at radius 3 is 2.62 bits per heavy atom. The number of hydrogen-bond acceptors (Lipinski definition) is 6. The fourth-order valence-corrected chi connectivity index (χ4v) is 2.83. The number of carbonyl (C=O) groups excluding carboxylic acids is 2. The summed E-state index contributed by atoms with van der Waals surface area (Å²) in [6.45, 7) is 5.64. The van der Waals surface area contributed by atoms with Crippen LogP contribution in [0.3, 0.4) is 0 Å². The van der Waals surface area contributed by atoms with Crippen LogP contribution in [-0.2, 0) is 11.3 Å². The van der Waals surface area contributed by atoms with E-state index in [2.05, 4.69) is 5.32 Å². The Morgan fingerprint density at radius 1 is 1.23 bits per heavy atom. The Kier molecular flexibility index (Phi) is 6.10. The molecule has 0 atom stereocenters. The SMILES string of the molecule is CC(C)(C)C(=O)NCc1ccc(C(=O)COc2cccc([N+](=O)[O-])c2)s1. The third kappa shape index (κ3) is 5.38. The maximum Gasteiger partial charge on any atom is 0.273 e. The Balaban J connectivity index is 1.91. The van der Waals surface area contributed by atoms with E-state index in [4.69, 9.17) is 4.74 Å². The van der Waals surface area contributed by atoms with Crippen LogP contribution in [0.4, 0.5) is 5.69 Å². The first-order valence-corrected chi connectivity index (χ1v) is 8.76. The number of ether oxygens (including phenoxy) is 1. The van der Waals surface area contributed by atoms with Crippen molar-refractivity contribution < 1.29 is 19.2 Å². The number of thiophene rings is 1. The molecule has 0 aliphatic heterocycles. The third-order valence-corrected chi connectivity index (χ3v) is 4.57. The topological polar surface area (TPSA) is 98.5 Å². The van der Waals surface area contributed by atoms with Crippen LogP contribution in [0.2, 0.25) is 0 Å². The Morgan fingerprint density at radius 2 is 1.96 bits per heavy atom. The molecule has 0 unspecified atom stereocenters. The highest BCUT2D eigenvalue weighted by atomic mass is 32.1. The number of hydrogen-bond donors (Lipinski definition) is 1. The van der Waals surface area contributed by atoms with Crippen molar-refractivity contribution in [2.45, 2.75) is 27.3 Å². The molecule has 0 saturated heterocycles. The summed E-state index contributed by atoms with van der Waals surface area (Å²) in [4.78, 5) is 35.7. The van der Waals surface area contributed by atoms with Gasteiger partial charge in [-0.2, -0.15) is 0 Å². The zero-order chi connectivity index (χ0) is 19.3. The summed E-state index contributed by atoms with van der Waals surface area (Å²) < 4.78 is 5.35. The number of nitro groups is 1. The van der Waals surface area contributed by atoms with Crippen molar-refractivity contribution in [3.05, 3.63) is 56.3 Å². The maximum absolute atomic E-state index is 12.2. The second kappa shape index (κ2) is 8.09. The van der Waals surface area contributed by atoms with Gasteiger partial charge in [0.2, 0.25) is 11.7 Å². The molecule has 0 bridgehead atoms. The molecule has 1 aromatic heterocycles. The van der Waals surface area contributed by atoms with Crippen molar-refractivity contribution in [3.8, 4) is 5.75 Å². The lowest BCUT2D eigenvalue weighted by atomic mass is 9.96. The van der Waals surface area contributed by atoms with Gasteiger partial charge in [-0.05, 0) is 18.2 Å². The standard InChI is InChI=1S/C18H20N2O5S/c1-18(2,3)17(22)19-10-14-7-8-16(26-14)15(21)11-25-13-6-4-5-12(9-13)20(23)24/h4-9H,10-11H2,1-3H3,(H,19,22). The molecule has 2 rings (SSSR count). The quantitative estimate of drug-likeness (QED) is 0.452. The largest absolute Gasteiger partial charge is 0.485 e. The van der Waals surface area contributed by atoms with Crippen molar-refractivity contribution in [1.29, 1.82) is 0 Å². The van der Waals surface area contributed by atoms with Gasteiger partial charge in [-0.15, -0.1) is 11.3 Å². The molecule has 0 fully saturated rings. The van der Waals surface area contributed by atoms with E-state index in [-0.39, 0.29) is 29.7 Å². The molecule has 0 radical (unpaired) electrons. The van der Waals surface area contributed by atoms with Crippen molar-refractivity contribution in [2.24, 2.45) is 5.41 Å². The fourth-order valence-electron chi connectivity index (χ4n) is 1.96.